The maximum absolute atomic E-state index is 11.1. The Hall–Kier alpha value is -1.36. The van der Waals surface area contributed by atoms with Gasteiger partial charge in [0.15, 0.2) is 0 Å². The summed E-state index contributed by atoms with van der Waals surface area (Å²) < 4.78 is 0. The summed E-state index contributed by atoms with van der Waals surface area (Å²) in [7, 11) is 0. The Kier molecular flexibility index (Phi) is 3.02. The largest absolute Gasteiger partial charge is 0.493 e. The van der Waals surface area contributed by atoms with Gasteiger partial charge in [-0.15, -0.1) is 0 Å². The molecule has 1 aromatic heterocycles. The Bertz CT molecular complexity index is 346. The highest BCUT2D eigenvalue weighted by molar-refractivity contribution is 5.20. The number of H-pyrrole nitrogens is 1. The normalized spacial score (nSPS) is 10.3. The molecule has 0 aliphatic rings. The molecule has 1 rings (SSSR count). The summed E-state index contributed by atoms with van der Waals surface area (Å²) in [5.41, 5.74) is -0.0411. The molecule has 0 aliphatic carbocycles. The third kappa shape index (κ3) is 2.29. The minimum atomic E-state index is -0.291. The maximum Gasteiger partial charge on any atom is 0.257 e. The predicted molar refractivity (Wildman–Crippen MR) is 48.6 cm³/mol. The number of rotatable bonds is 3. The first-order valence-electron chi connectivity index (χ1n) is 4.14. The lowest BCUT2D eigenvalue weighted by atomic mass is 10.3. The van der Waals surface area contributed by atoms with Crippen LogP contribution in [-0.4, -0.2) is 21.6 Å². The Morgan fingerprint density at radius 1 is 1.62 bits per heavy atom. The summed E-state index contributed by atoms with van der Waals surface area (Å²) in [4.78, 5) is 17.5. The molecule has 0 unspecified atom stereocenters. The molecule has 0 saturated heterocycles. The van der Waals surface area contributed by atoms with E-state index in [0.717, 1.165) is 6.54 Å². The number of aromatic nitrogens is 2. The molecule has 13 heavy (non-hydrogen) atoms. The fourth-order valence-electron chi connectivity index (χ4n) is 0.893. The van der Waals surface area contributed by atoms with Gasteiger partial charge in [-0.2, -0.15) is 4.98 Å². The molecule has 0 aromatic carbocycles. The van der Waals surface area contributed by atoms with Gasteiger partial charge in [-0.3, -0.25) is 4.79 Å². The van der Waals surface area contributed by atoms with Gasteiger partial charge >= 0.3 is 0 Å². The van der Waals surface area contributed by atoms with E-state index in [2.05, 4.69) is 15.3 Å². The van der Waals surface area contributed by atoms with E-state index < -0.39 is 0 Å². The molecule has 1 heterocycles. The molecular formula is C8H13N3O2. The molecule has 72 valence electrons. The van der Waals surface area contributed by atoms with Crippen molar-refractivity contribution in [2.24, 2.45) is 0 Å². The van der Waals surface area contributed by atoms with E-state index >= 15 is 0 Å². The summed E-state index contributed by atoms with van der Waals surface area (Å²) >= 11 is 0. The van der Waals surface area contributed by atoms with E-state index in [-0.39, 0.29) is 17.0 Å². The monoisotopic (exact) mass is 183 g/mol. The fourth-order valence-corrected chi connectivity index (χ4v) is 0.893. The highest BCUT2D eigenvalue weighted by atomic mass is 16.3. The Labute approximate surface area is 75.8 Å². The third-order valence-corrected chi connectivity index (χ3v) is 1.72. The summed E-state index contributed by atoms with van der Waals surface area (Å²) in [5.74, 6) is 0.256. The maximum atomic E-state index is 11.1. The smallest absolute Gasteiger partial charge is 0.257 e. The van der Waals surface area contributed by atoms with E-state index in [4.69, 9.17) is 0 Å². The summed E-state index contributed by atoms with van der Waals surface area (Å²) in [6.45, 7) is 4.72. The van der Waals surface area contributed by atoms with Gasteiger partial charge in [-0.25, -0.2) is 0 Å². The fraction of sp³-hybridized carbons (Fsp3) is 0.500. The van der Waals surface area contributed by atoms with Gasteiger partial charge in [0.1, 0.15) is 5.82 Å². The van der Waals surface area contributed by atoms with Crippen molar-refractivity contribution in [3.63, 3.8) is 0 Å². The van der Waals surface area contributed by atoms with Crippen LogP contribution in [0.3, 0.4) is 0 Å². The van der Waals surface area contributed by atoms with Crippen LogP contribution >= 0.6 is 0 Å². The van der Waals surface area contributed by atoms with Crippen LogP contribution in [0.15, 0.2) is 4.79 Å². The zero-order valence-electron chi connectivity index (χ0n) is 7.72. The molecule has 0 aliphatic heterocycles. The van der Waals surface area contributed by atoms with Crippen molar-refractivity contribution in [2.75, 3.05) is 6.54 Å². The van der Waals surface area contributed by atoms with E-state index in [1.807, 2.05) is 6.92 Å². The summed E-state index contributed by atoms with van der Waals surface area (Å²) in [6.07, 6.45) is 0. The molecular weight excluding hydrogens is 170 g/mol. The lowest BCUT2D eigenvalue weighted by Gasteiger charge is -2.02. The predicted octanol–water partition coefficient (Wildman–Crippen LogP) is -0.107. The van der Waals surface area contributed by atoms with E-state index in [9.17, 15) is 9.90 Å². The van der Waals surface area contributed by atoms with Crippen molar-refractivity contribution in [3.8, 4) is 5.88 Å². The first-order chi connectivity index (χ1) is 6.15. The van der Waals surface area contributed by atoms with E-state index in [1.54, 1.807) is 0 Å². The number of nitrogens with zero attached hydrogens (tertiary/aromatic N) is 1. The molecule has 1 aromatic rings. The van der Waals surface area contributed by atoms with Crippen LogP contribution in [-0.2, 0) is 6.54 Å². The van der Waals surface area contributed by atoms with Crippen molar-refractivity contribution in [1.29, 1.82) is 0 Å². The number of hydrogen-bond donors (Lipinski definition) is 3. The first kappa shape index (κ1) is 9.73. The van der Waals surface area contributed by atoms with Crippen molar-refractivity contribution >= 4 is 0 Å². The minimum Gasteiger partial charge on any atom is -0.493 e. The van der Waals surface area contributed by atoms with Gasteiger partial charge in [-0.05, 0) is 13.5 Å². The highest BCUT2D eigenvalue weighted by Crippen LogP contribution is 2.05. The molecule has 3 N–H and O–H groups in total. The van der Waals surface area contributed by atoms with Gasteiger partial charge in [-0.1, -0.05) is 6.92 Å². The van der Waals surface area contributed by atoms with Crippen molar-refractivity contribution in [1.82, 2.24) is 15.3 Å². The third-order valence-electron chi connectivity index (χ3n) is 1.72. The zero-order valence-corrected chi connectivity index (χ0v) is 7.72. The van der Waals surface area contributed by atoms with Crippen LogP contribution in [0, 0.1) is 6.92 Å². The average molecular weight is 183 g/mol. The average Bonchev–Trinajstić information content (AvgIpc) is 2.10. The SMILES string of the molecule is CCNCc1nc(O)c(C)c(=O)[nH]1. The van der Waals surface area contributed by atoms with Gasteiger partial charge in [0, 0.05) is 0 Å². The topological polar surface area (TPSA) is 78.0 Å². The molecule has 0 radical (unpaired) electrons. The van der Waals surface area contributed by atoms with E-state index in [1.165, 1.54) is 6.92 Å². The van der Waals surface area contributed by atoms with Crippen LogP contribution in [0.5, 0.6) is 5.88 Å². The van der Waals surface area contributed by atoms with Gasteiger partial charge in [0.25, 0.3) is 5.56 Å². The number of hydrogen-bond acceptors (Lipinski definition) is 4. The zero-order chi connectivity index (χ0) is 9.84. The summed E-state index contributed by atoms with van der Waals surface area (Å²) in [5, 5.41) is 12.2. The standard InChI is InChI=1S/C8H13N3O2/c1-3-9-4-6-10-7(12)5(2)8(13)11-6/h9H,3-4H2,1-2H3,(H2,10,11,12,13). The lowest BCUT2D eigenvalue weighted by Crippen LogP contribution is -2.20. The van der Waals surface area contributed by atoms with E-state index in [0.29, 0.717) is 12.4 Å². The lowest BCUT2D eigenvalue weighted by molar-refractivity contribution is 0.441. The van der Waals surface area contributed by atoms with Crippen molar-refractivity contribution < 1.29 is 5.11 Å². The minimum absolute atomic E-state index is 0.198. The quantitative estimate of drug-likeness (QED) is 0.611. The summed E-state index contributed by atoms with van der Waals surface area (Å²) in [6, 6.07) is 0. The van der Waals surface area contributed by atoms with Gasteiger partial charge in [0.05, 0.1) is 12.1 Å². The molecule has 0 bridgehead atoms. The van der Waals surface area contributed by atoms with Gasteiger partial charge < -0.3 is 15.4 Å². The molecule has 5 heteroatoms. The molecule has 5 nitrogen and oxygen atoms in total. The molecule has 0 spiro atoms. The Balaban J connectivity index is 2.93. The van der Waals surface area contributed by atoms with Crippen LogP contribution in [0.25, 0.3) is 0 Å². The van der Waals surface area contributed by atoms with Gasteiger partial charge in [0.2, 0.25) is 5.88 Å². The number of aromatic hydroxyl groups is 1. The van der Waals surface area contributed by atoms with Crippen LogP contribution in [0.2, 0.25) is 0 Å². The number of aromatic amines is 1. The van der Waals surface area contributed by atoms with Crippen molar-refractivity contribution in [2.45, 2.75) is 20.4 Å². The van der Waals surface area contributed by atoms with Crippen LogP contribution < -0.4 is 10.9 Å². The van der Waals surface area contributed by atoms with Crippen LogP contribution in [0.4, 0.5) is 0 Å². The molecule has 0 saturated carbocycles. The molecule has 0 amide bonds. The first-order valence-corrected chi connectivity index (χ1v) is 4.14. The van der Waals surface area contributed by atoms with Crippen molar-refractivity contribution in [3.05, 3.63) is 21.7 Å². The highest BCUT2D eigenvalue weighted by Gasteiger charge is 2.04. The Morgan fingerprint density at radius 2 is 2.31 bits per heavy atom. The van der Waals surface area contributed by atoms with Crippen LogP contribution in [0.1, 0.15) is 18.3 Å². The second-order valence-electron chi connectivity index (χ2n) is 2.74. The second-order valence-corrected chi connectivity index (χ2v) is 2.74. The Morgan fingerprint density at radius 3 is 2.85 bits per heavy atom. The number of nitrogens with one attached hydrogen (secondary N) is 2. The second kappa shape index (κ2) is 4.04. The molecule has 0 atom stereocenters. The molecule has 0 fully saturated rings.